The Morgan fingerprint density at radius 3 is 2.71 bits per heavy atom. The molecule has 0 radical (unpaired) electrons. The van der Waals surface area contributed by atoms with Crippen molar-refractivity contribution in [1.29, 1.82) is 5.26 Å². The monoisotopic (exact) mass is 284 g/mol. The van der Waals surface area contributed by atoms with Crippen LogP contribution in [0.3, 0.4) is 0 Å². The van der Waals surface area contributed by atoms with Crippen molar-refractivity contribution >= 4 is 0 Å². The SMILES string of the molecule is COc1ccc(CNC(C)c2ccccc2F)cc1C#N. The molecule has 108 valence electrons. The van der Waals surface area contributed by atoms with Gasteiger partial charge in [0.1, 0.15) is 17.6 Å². The van der Waals surface area contributed by atoms with Gasteiger partial charge >= 0.3 is 0 Å². The third-order valence-corrected chi connectivity index (χ3v) is 3.37. The van der Waals surface area contributed by atoms with Gasteiger partial charge in [0.05, 0.1) is 12.7 Å². The lowest BCUT2D eigenvalue weighted by Gasteiger charge is -2.15. The maximum atomic E-state index is 13.7. The van der Waals surface area contributed by atoms with E-state index in [1.807, 2.05) is 19.1 Å². The number of hydrogen-bond acceptors (Lipinski definition) is 3. The minimum absolute atomic E-state index is 0.112. The van der Waals surface area contributed by atoms with Gasteiger partial charge in [0.15, 0.2) is 0 Å². The zero-order valence-electron chi connectivity index (χ0n) is 12.1. The molecule has 2 rings (SSSR count). The molecule has 0 aliphatic rings. The Morgan fingerprint density at radius 2 is 2.05 bits per heavy atom. The molecule has 0 spiro atoms. The van der Waals surface area contributed by atoms with E-state index in [4.69, 9.17) is 10.00 Å². The van der Waals surface area contributed by atoms with E-state index in [1.165, 1.54) is 13.2 Å². The summed E-state index contributed by atoms with van der Waals surface area (Å²) in [6.45, 7) is 2.46. The standard InChI is InChI=1S/C17H17FN2O/c1-12(15-5-3-4-6-16(15)18)20-11-13-7-8-17(21-2)14(9-13)10-19/h3-9,12,20H,11H2,1-2H3. The second kappa shape index (κ2) is 6.87. The first kappa shape index (κ1) is 15.0. The van der Waals surface area contributed by atoms with Crippen LogP contribution in [0.2, 0.25) is 0 Å². The molecule has 1 unspecified atom stereocenters. The molecule has 0 aliphatic heterocycles. The first-order valence-electron chi connectivity index (χ1n) is 6.70. The first-order valence-corrected chi connectivity index (χ1v) is 6.70. The fourth-order valence-electron chi connectivity index (χ4n) is 2.16. The van der Waals surface area contributed by atoms with Gasteiger partial charge in [0.2, 0.25) is 0 Å². The molecule has 2 aromatic rings. The zero-order chi connectivity index (χ0) is 15.2. The van der Waals surface area contributed by atoms with Crippen molar-refractivity contribution < 1.29 is 9.13 Å². The zero-order valence-corrected chi connectivity index (χ0v) is 12.1. The highest BCUT2D eigenvalue weighted by atomic mass is 19.1. The quantitative estimate of drug-likeness (QED) is 0.913. The number of methoxy groups -OCH3 is 1. The van der Waals surface area contributed by atoms with Crippen molar-refractivity contribution in [2.75, 3.05) is 7.11 Å². The lowest BCUT2D eigenvalue weighted by molar-refractivity contribution is 0.413. The van der Waals surface area contributed by atoms with Crippen LogP contribution in [0, 0.1) is 17.1 Å². The van der Waals surface area contributed by atoms with Crippen LogP contribution in [0.25, 0.3) is 0 Å². The number of rotatable bonds is 5. The van der Waals surface area contributed by atoms with E-state index in [0.29, 0.717) is 23.4 Å². The number of benzene rings is 2. The van der Waals surface area contributed by atoms with Crippen LogP contribution >= 0.6 is 0 Å². The lowest BCUT2D eigenvalue weighted by atomic mass is 10.1. The predicted octanol–water partition coefficient (Wildman–Crippen LogP) is 3.56. The molecule has 0 aliphatic carbocycles. The topological polar surface area (TPSA) is 45.0 Å². The summed E-state index contributed by atoms with van der Waals surface area (Å²) < 4.78 is 18.8. The van der Waals surface area contributed by atoms with Crippen LogP contribution in [0.15, 0.2) is 42.5 Å². The highest BCUT2D eigenvalue weighted by Gasteiger charge is 2.10. The molecule has 1 N–H and O–H groups in total. The molecule has 0 amide bonds. The third kappa shape index (κ3) is 3.59. The smallest absolute Gasteiger partial charge is 0.136 e. The second-order valence-corrected chi connectivity index (χ2v) is 4.77. The Morgan fingerprint density at radius 1 is 1.29 bits per heavy atom. The Kier molecular flexibility index (Phi) is 4.91. The Balaban J connectivity index is 2.07. The fraction of sp³-hybridized carbons (Fsp3) is 0.235. The van der Waals surface area contributed by atoms with Gasteiger partial charge in [-0.05, 0) is 30.7 Å². The van der Waals surface area contributed by atoms with Gasteiger partial charge in [0.25, 0.3) is 0 Å². The van der Waals surface area contributed by atoms with Gasteiger partial charge in [-0.1, -0.05) is 24.3 Å². The van der Waals surface area contributed by atoms with E-state index in [1.54, 1.807) is 24.3 Å². The van der Waals surface area contributed by atoms with Crippen molar-refractivity contribution in [3.05, 3.63) is 65.0 Å². The molecule has 0 saturated carbocycles. The largest absolute Gasteiger partial charge is 0.495 e. The van der Waals surface area contributed by atoms with Crippen LogP contribution < -0.4 is 10.1 Å². The summed E-state index contributed by atoms with van der Waals surface area (Å²) in [6.07, 6.45) is 0. The van der Waals surface area contributed by atoms with Crippen molar-refractivity contribution in [3.63, 3.8) is 0 Å². The molecule has 21 heavy (non-hydrogen) atoms. The van der Waals surface area contributed by atoms with Crippen LogP contribution in [-0.2, 0) is 6.54 Å². The number of hydrogen-bond donors (Lipinski definition) is 1. The van der Waals surface area contributed by atoms with E-state index in [0.717, 1.165) is 5.56 Å². The maximum Gasteiger partial charge on any atom is 0.136 e. The minimum Gasteiger partial charge on any atom is -0.495 e. The highest BCUT2D eigenvalue weighted by Crippen LogP contribution is 2.20. The molecule has 0 aromatic heterocycles. The fourth-order valence-corrected chi connectivity index (χ4v) is 2.16. The minimum atomic E-state index is -0.218. The van der Waals surface area contributed by atoms with Crippen LogP contribution in [0.5, 0.6) is 5.75 Å². The van der Waals surface area contributed by atoms with E-state index in [-0.39, 0.29) is 11.9 Å². The maximum absolute atomic E-state index is 13.7. The van der Waals surface area contributed by atoms with Gasteiger partial charge in [-0.25, -0.2) is 4.39 Å². The summed E-state index contributed by atoms with van der Waals surface area (Å²) in [7, 11) is 1.54. The number of nitriles is 1. The molecule has 0 bridgehead atoms. The van der Waals surface area contributed by atoms with Crippen LogP contribution in [-0.4, -0.2) is 7.11 Å². The van der Waals surface area contributed by atoms with Crippen molar-refractivity contribution in [3.8, 4) is 11.8 Å². The molecular weight excluding hydrogens is 267 g/mol. The first-order chi connectivity index (χ1) is 10.2. The number of nitrogens with one attached hydrogen (secondary N) is 1. The molecule has 0 heterocycles. The molecule has 2 aromatic carbocycles. The summed E-state index contributed by atoms with van der Waals surface area (Å²) >= 11 is 0. The van der Waals surface area contributed by atoms with Crippen LogP contribution in [0.1, 0.15) is 29.7 Å². The predicted molar refractivity (Wildman–Crippen MR) is 79.4 cm³/mol. The summed E-state index contributed by atoms with van der Waals surface area (Å²) in [5.74, 6) is 0.341. The molecular formula is C17H17FN2O. The second-order valence-electron chi connectivity index (χ2n) is 4.77. The van der Waals surface area contributed by atoms with Crippen molar-refractivity contribution in [2.45, 2.75) is 19.5 Å². The lowest BCUT2D eigenvalue weighted by Crippen LogP contribution is -2.19. The molecule has 3 nitrogen and oxygen atoms in total. The third-order valence-electron chi connectivity index (χ3n) is 3.37. The Labute approximate surface area is 124 Å². The van der Waals surface area contributed by atoms with Gasteiger partial charge in [-0.2, -0.15) is 5.26 Å². The van der Waals surface area contributed by atoms with Gasteiger partial charge in [-0.15, -0.1) is 0 Å². The number of nitrogens with zero attached hydrogens (tertiary/aromatic N) is 1. The van der Waals surface area contributed by atoms with E-state index < -0.39 is 0 Å². The summed E-state index contributed by atoms with van der Waals surface area (Å²) in [5.41, 5.74) is 2.08. The Hall–Kier alpha value is -2.38. The Bertz CT molecular complexity index is 664. The summed E-state index contributed by atoms with van der Waals surface area (Å²) in [6, 6.07) is 14.1. The van der Waals surface area contributed by atoms with Crippen molar-refractivity contribution in [2.24, 2.45) is 0 Å². The van der Waals surface area contributed by atoms with Gasteiger partial charge in [-0.3, -0.25) is 0 Å². The van der Waals surface area contributed by atoms with Gasteiger partial charge < -0.3 is 10.1 Å². The van der Waals surface area contributed by atoms with E-state index in [9.17, 15) is 4.39 Å². The normalized spacial score (nSPS) is 11.7. The number of halogens is 1. The van der Waals surface area contributed by atoms with Crippen LogP contribution in [0.4, 0.5) is 4.39 Å². The molecule has 0 saturated heterocycles. The van der Waals surface area contributed by atoms with Crippen molar-refractivity contribution in [1.82, 2.24) is 5.32 Å². The van der Waals surface area contributed by atoms with E-state index >= 15 is 0 Å². The molecule has 0 fully saturated rings. The molecule has 1 atom stereocenters. The molecule has 4 heteroatoms. The van der Waals surface area contributed by atoms with E-state index in [2.05, 4.69) is 11.4 Å². The average molecular weight is 284 g/mol. The average Bonchev–Trinajstić information content (AvgIpc) is 2.52. The van der Waals surface area contributed by atoms with Gasteiger partial charge in [0, 0.05) is 18.2 Å². The summed E-state index contributed by atoms with van der Waals surface area (Å²) in [5, 5.41) is 12.3. The summed E-state index contributed by atoms with van der Waals surface area (Å²) in [4.78, 5) is 0. The highest BCUT2D eigenvalue weighted by molar-refractivity contribution is 5.45. The number of ether oxygens (including phenoxy) is 1.